The van der Waals surface area contributed by atoms with Gasteiger partial charge in [-0.25, -0.2) is 0 Å². The molecule has 2 aromatic rings. The summed E-state index contributed by atoms with van der Waals surface area (Å²) in [7, 11) is 0. The Labute approximate surface area is 81.5 Å². The molecular formula is C10H12N2S. The molecule has 3 heteroatoms. The van der Waals surface area contributed by atoms with E-state index in [2.05, 4.69) is 17.3 Å². The molecule has 0 saturated heterocycles. The molecule has 2 rings (SSSR count). The highest BCUT2D eigenvalue weighted by atomic mass is 32.2. The maximum absolute atomic E-state index is 5.90. The molecule has 68 valence electrons. The summed E-state index contributed by atoms with van der Waals surface area (Å²) >= 11 is 1.81. The minimum atomic E-state index is 0.864. The van der Waals surface area contributed by atoms with Crippen molar-refractivity contribution in [3.8, 4) is 0 Å². The maximum Gasteiger partial charge on any atom is 0.0478 e. The maximum atomic E-state index is 5.90. The number of aromatic amines is 1. The molecule has 1 heterocycles. The van der Waals surface area contributed by atoms with Crippen LogP contribution >= 0.6 is 11.8 Å². The number of aromatic nitrogens is 1. The van der Waals surface area contributed by atoms with Crippen LogP contribution in [0.4, 0.5) is 5.69 Å². The Balaban J connectivity index is 2.64. The Morgan fingerprint density at radius 2 is 2.31 bits per heavy atom. The Hall–Kier alpha value is -1.09. The first-order chi connectivity index (χ1) is 6.33. The summed E-state index contributed by atoms with van der Waals surface area (Å²) in [6.07, 6.45) is 4.13. The van der Waals surface area contributed by atoms with Crippen molar-refractivity contribution in [1.29, 1.82) is 0 Å². The van der Waals surface area contributed by atoms with Gasteiger partial charge in [0.1, 0.15) is 0 Å². The topological polar surface area (TPSA) is 41.8 Å². The van der Waals surface area contributed by atoms with Gasteiger partial charge >= 0.3 is 0 Å². The van der Waals surface area contributed by atoms with E-state index in [0.29, 0.717) is 0 Å². The predicted octanol–water partition coefficient (Wildman–Crippen LogP) is 2.61. The Morgan fingerprint density at radius 1 is 1.46 bits per heavy atom. The first-order valence-corrected chi connectivity index (χ1v) is 5.55. The number of H-pyrrole nitrogens is 1. The molecule has 0 aliphatic heterocycles. The van der Waals surface area contributed by atoms with Crippen LogP contribution in [0, 0.1) is 0 Å². The van der Waals surface area contributed by atoms with Gasteiger partial charge in [0.25, 0.3) is 0 Å². The van der Waals surface area contributed by atoms with Crippen LogP contribution in [0.25, 0.3) is 10.9 Å². The first kappa shape index (κ1) is 8.51. The molecule has 0 bridgehead atoms. The third kappa shape index (κ3) is 1.40. The number of nitrogens with two attached hydrogens (primary N) is 1. The smallest absolute Gasteiger partial charge is 0.0478 e. The zero-order valence-corrected chi connectivity index (χ0v) is 8.32. The van der Waals surface area contributed by atoms with Crippen molar-refractivity contribution < 1.29 is 0 Å². The number of hydrogen-bond donors (Lipinski definition) is 2. The summed E-state index contributed by atoms with van der Waals surface area (Å²) in [5.41, 5.74) is 9.19. The molecule has 1 aromatic carbocycles. The highest BCUT2D eigenvalue weighted by Crippen LogP contribution is 2.26. The van der Waals surface area contributed by atoms with Crippen LogP contribution in [0.1, 0.15) is 5.56 Å². The average molecular weight is 192 g/mol. The molecule has 0 spiro atoms. The molecule has 1 aromatic heterocycles. The van der Waals surface area contributed by atoms with E-state index in [9.17, 15) is 0 Å². The van der Waals surface area contributed by atoms with E-state index in [-0.39, 0.29) is 0 Å². The van der Waals surface area contributed by atoms with E-state index in [0.717, 1.165) is 17.0 Å². The third-order valence-corrected chi connectivity index (χ3v) is 2.72. The van der Waals surface area contributed by atoms with Gasteiger partial charge < -0.3 is 10.7 Å². The summed E-state index contributed by atoms with van der Waals surface area (Å²) in [5, 5.41) is 1.18. The number of fused-ring (bicyclic) bond motifs is 1. The van der Waals surface area contributed by atoms with Crippen LogP contribution in [0.2, 0.25) is 0 Å². The van der Waals surface area contributed by atoms with Crippen molar-refractivity contribution in [1.82, 2.24) is 4.98 Å². The van der Waals surface area contributed by atoms with Crippen molar-refractivity contribution in [3.63, 3.8) is 0 Å². The van der Waals surface area contributed by atoms with E-state index < -0.39 is 0 Å². The normalized spacial score (nSPS) is 10.8. The molecule has 0 aliphatic rings. The van der Waals surface area contributed by atoms with Crippen molar-refractivity contribution in [2.75, 3.05) is 12.0 Å². The first-order valence-electron chi connectivity index (χ1n) is 4.16. The number of benzene rings is 1. The molecule has 13 heavy (non-hydrogen) atoms. The lowest BCUT2D eigenvalue weighted by atomic mass is 10.1. The van der Waals surface area contributed by atoms with Crippen molar-refractivity contribution in [2.24, 2.45) is 0 Å². The van der Waals surface area contributed by atoms with Gasteiger partial charge in [0.2, 0.25) is 0 Å². The van der Waals surface area contributed by atoms with E-state index in [1.807, 2.05) is 30.1 Å². The SMILES string of the molecule is CSCc1c[nH]c2cccc(N)c12. The fourth-order valence-electron chi connectivity index (χ4n) is 1.56. The summed E-state index contributed by atoms with van der Waals surface area (Å²) in [5.74, 6) is 1.01. The van der Waals surface area contributed by atoms with Gasteiger partial charge in [-0.05, 0) is 24.0 Å². The van der Waals surface area contributed by atoms with E-state index >= 15 is 0 Å². The average Bonchev–Trinajstić information content (AvgIpc) is 2.51. The van der Waals surface area contributed by atoms with E-state index in [4.69, 9.17) is 5.73 Å². The molecular weight excluding hydrogens is 180 g/mol. The second kappa shape index (κ2) is 3.34. The van der Waals surface area contributed by atoms with Crippen LogP contribution in [0.3, 0.4) is 0 Å². The molecule has 0 fully saturated rings. The van der Waals surface area contributed by atoms with Gasteiger partial charge in [-0.3, -0.25) is 0 Å². The lowest BCUT2D eigenvalue weighted by Crippen LogP contribution is -1.86. The largest absolute Gasteiger partial charge is 0.398 e. The van der Waals surface area contributed by atoms with Gasteiger partial charge in [0.15, 0.2) is 0 Å². The lowest BCUT2D eigenvalue weighted by molar-refractivity contribution is 1.40. The van der Waals surface area contributed by atoms with Crippen molar-refractivity contribution in [2.45, 2.75) is 5.75 Å². The molecule has 0 amide bonds. The number of anilines is 1. The Kier molecular flexibility index (Phi) is 2.19. The van der Waals surface area contributed by atoms with Crippen LogP contribution in [-0.2, 0) is 5.75 Å². The van der Waals surface area contributed by atoms with E-state index in [1.54, 1.807) is 0 Å². The fourth-order valence-corrected chi connectivity index (χ4v) is 2.09. The number of rotatable bonds is 2. The van der Waals surface area contributed by atoms with Gasteiger partial charge in [-0.15, -0.1) is 0 Å². The van der Waals surface area contributed by atoms with Crippen LogP contribution < -0.4 is 5.73 Å². The van der Waals surface area contributed by atoms with Gasteiger partial charge in [-0.1, -0.05) is 6.07 Å². The van der Waals surface area contributed by atoms with Gasteiger partial charge in [0, 0.05) is 28.5 Å². The minimum Gasteiger partial charge on any atom is -0.398 e. The summed E-state index contributed by atoms with van der Waals surface area (Å²) in [6, 6.07) is 5.96. The second-order valence-electron chi connectivity index (χ2n) is 3.02. The van der Waals surface area contributed by atoms with Crippen LogP contribution in [0.5, 0.6) is 0 Å². The molecule has 0 radical (unpaired) electrons. The van der Waals surface area contributed by atoms with Crippen LogP contribution in [0.15, 0.2) is 24.4 Å². The molecule has 3 N–H and O–H groups in total. The fraction of sp³-hybridized carbons (Fsp3) is 0.200. The summed E-state index contributed by atoms with van der Waals surface area (Å²) in [6.45, 7) is 0. The van der Waals surface area contributed by atoms with Crippen molar-refractivity contribution in [3.05, 3.63) is 30.0 Å². The predicted molar refractivity (Wildman–Crippen MR) is 59.9 cm³/mol. The Morgan fingerprint density at radius 3 is 3.08 bits per heavy atom. The molecule has 0 aliphatic carbocycles. The summed E-state index contributed by atoms with van der Waals surface area (Å²) in [4.78, 5) is 3.22. The monoisotopic (exact) mass is 192 g/mol. The Bertz CT molecular complexity index is 420. The highest BCUT2D eigenvalue weighted by Gasteiger charge is 2.04. The molecule has 2 nitrogen and oxygen atoms in total. The zero-order chi connectivity index (χ0) is 9.26. The van der Waals surface area contributed by atoms with Gasteiger partial charge in [-0.2, -0.15) is 11.8 Å². The van der Waals surface area contributed by atoms with Crippen molar-refractivity contribution >= 4 is 28.4 Å². The number of nitrogen functional groups attached to an aromatic ring is 1. The number of hydrogen-bond acceptors (Lipinski definition) is 2. The van der Waals surface area contributed by atoms with E-state index in [1.165, 1.54) is 10.9 Å². The second-order valence-corrected chi connectivity index (χ2v) is 3.88. The standard InChI is InChI=1S/C10H12N2S/c1-13-6-7-5-12-9-4-2-3-8(11)10(7)9/h2-5,12H,6,11H2,1H3. The molecule has 0 atom stereocenters. The highest BCUT2D eigenvalue weighted by molar-refractivity contribution is 7.97. The summed E-state index contributed by atoms with van der Waals surface area (Å²) < 4.78 is 0. The van der Waals surface area contributed by atoms with Crippen LogP contribution in [-0.4, -0.2) is 11.2 Å². The van der Waals surface area contributed by atoms with Gasteiger partial charge in [0.05, 0.1) is 0 Å². The third-order valence-electron chi connectivity index (χ3n) is 2.12. The quantitative estimate of drug-likeness (QED) is 0.718. The lowest BCUT2D eigenvalue weighted by Gasteiger charge is -1.99. The number of thioether (sulfide) groups is 1. The zero-order valence-electron chi connectivity index (χ0n) is 7.50. The molecule has 0 unspecified atom stereocenters. The number of nitrogens with one attached hydrogen (secondary N) is 1. The minimum absolute atomic E-state index is 0.864. The molecule has 0 saturated carbocycles.